The molecular formula is C18H19N3O3S2. The van der Waals surface area contributed by atoms with Gasteiger partial charge in [-0.1, -0.05) is 28.6 Å². The first-order valence-electron chi connectivity index (χ1n) is 8.30. The van der Waals surface area contributed by atoms with E-state index in [1.54, 1.807) is 11.8 Å². The summed E-state index contributed by atoms with van der Waals surface area (Å²) in [5.41, 5.74) is 0.873. The summed E-state index contributed by atoms with van der Waals surface area (Å²) in [4.78, 5) is 34.7. The fourth-order valence-electron chi connectivity index (χ4n) is 2.65. The molecule has 136 valence electrons. The van der Waals surface area contributed by atoms with Crippen molar-refractivity contribution in [2.45, 2.75) is 36.7 Å². The third-order valence-corrected chi connectivity index (χ3v) is 5.62. The molecule has 1 saturated carbocycles. The van der Waals surface area contributed by atoms with Gasteiger partial charge in [0, 0.05) is 10.5 Å². The van der Waals surface area contributed by atoms with Gasteiger partial charge in [0.15, 0.2) is 17.1 Å². The van der Waals surface area contributed by atoms with Crippen LogP contribution in [0.15, 0.2) is 40.5 Å². The first-order chi connectivity index (χ1) is 12.7. The fraction of sp³-hybridized carbons (Fsp3) is 0.333. The Labute approximate surface area is 160 Å². The monoisotopic (exact) mass is 389 g/mol. The van der Waals surface area contributed by atoms with Crippen LogP contribution in [0.1, 0.15) is 40.9 Å². The highest BCUT2D eigenvalue weighted by atomic mass is 32.2. The number of nitrogens with zero attached hydrogens (tertiary/aromatic N) is 2. The van der Waals surface area contributed by atoms with E-state index in [0.29, 0.717) is 21.9 Å². The molecule has 0 radical (unpaired) electrons. The van der Waals surface area contributed by atoms with E-state index in [9.17, 15) is 9.59 Å². The second-order valence-corrected chi connectivity index (χ2v) is 7.76. The van der Waals surface area contributed by atoms with Gasteiger partial charge in [0.2, 0.25) is 0 Å². The third kappa shape index (κ3) is 4.70. The Hall–Kier alpha value is -2.19. The van der Waals surface area contributed by atoms with Crippen molar-refractivity contribution >= 4 is 46.1 Å². The number of carbonyl (C=O) groups is 2. The van der Waals surface area contributed by atoms with Gasteiger partial charge < -0.3 is 4.84 Å². The van der Waals surface area contributed by atoms with Crippen LogP contribution in [-0.4, -0.2) is 35.2 Å². The van der Waals surface area contributed by atoms with Gasteiger partial charge in [-0.2, -0.15) is 0 Å². The minimum atomic E-state index is -0.410. The van der Waals surface area contributed by atoms with Crippen molar-refractivity contribution in [1.29, 1.82) is 0 Å². The summed E-state index contributed by atoms with van der Waals surface area (Å²) in [6, 6.07) is 7.57. The summed E-state index contributed by atoms with van der Waals surface area (Å²) in [5.74, 6) is -0.410. The average molecular weight is 390 g/mol. The second kappa shape index (κ2) is 8.95. The van der Waals surface area contributed by atoms with Gasteiger partial charge in [-0.3, -0.25) is 14.9 Å². The number of thiazole rings is 1. The number of oxime groups is 1. The third-order valence-electron chi connectivity index (χ3n) is 4.03. The van der Waals surface area contributed by atoms with Crippen LogP contribution in [0.3, 0.4) is 0 Å². The van der Waals surface area contributed by atoms with Crippen LogP contribution in [0.5, 0.6) is 0 Å². The maximum atomic E-state index is 12.7. The fourth-order valence-corrected chi connectivity index (χ4v) is 3.68. The molecule has 0 spiro atoms. The topological polar surface area (TPSA) is 80.7 Å². The number of carbonyl (C=O) groups excluding carboxylic acids is 2. The van der Waals surface area contributed by atoms with Crippen LogP contribution in [0.4, 0.5) is 5.13 Å². The number of anilines is 1. The van der Waals surface area contributed by atoms with E-state index in [2.05, 4.69) is 15.5 Å². The zero-order chi connectivity index (χ0) is 18.4. The van der Waals surface area contributed by atoms with Crippen molar-refractivity contribution in [3.63, 3.8) is 0 Å². The summed E-state index contributed by atoms with van der Waals surface area (Å²) in [6.45, 7) is 0. The predicted octanol–water partition coefficient (Wildman–Crippen LogP) is 3.98. The lowest BCUT2D eigenvalue weighted by atomic mass is 10.1. The first-order valence-corrected chi connectivity index (χ1v) is 10.3. The van der Waals surface area contributed by atoms with E-state index in [1.165, 1.54) is 6.20 Å². The minimum Gasteiger partial charge on any atom is -0.392 e. The van der Waals surface area contributed by atoms with Crippen molar-refractivity contribution in [2.24, 2.45) is 5.16 Å². The van der Waals surface area contributed by atoms with Gasteiger partial charge in [0.25, 0.3) is 5.91 Å². The highest BCUT2D eigenvalue weighted by Crippen LogP contribution is 2.22. The number of thioether (sulfide) groups is 1. The summed E-state index contributed by atoms with van der Waals surface area (Å²) >= 11 is 2.74. The van der Waals surface area contributed by atoms with Crippen LogP contribution >= 0.6 is 23.1 Å². The molecule has 1 heterocycles. The summed E-state index contributed by atoms with van der Waals surface area (Å²) in [5, 5.41) is 7.21. The van der Waals surface area contributed by atoms with Crippen LogP contribution < -0.4 is 5.32 Å². The number of aldehydes is 1. The van der Waals surface area contributed by atoms with Crippen molar-refractivity contribution < 1.29 is 14.4 Å². The van der Waals surface area contributed by atoms with Crippen LogP contribution in [0.2, 0.25) is 0 Å². The number of hydrogen-bond acceptors (Lipinski definition) is 7. The van der Waals surface area contributed by atoms with E-state index in [-0.39, 0.29) is 11.8 Å². The molecule has 8 heteroatoms. The quantitative estimate of drug-likeness (QED) is 0.335. The Morgan fingerprint density at radius 3 is 2.69 bits per heavy atom. The molecule has 1 aliphatic carbocycles. The molecule has 0 bridgehead atoms. The van der Waals surface area contributed by atoms with Gasteiger partial charge in [0.1, 0.15) is 6.10 Å². The minimum absolute atomic E-state index is 0.0600. The van der Waals surface area contributed by atoms with Gasteiger partial charge in [-0.05, 0) is 44.1 Å². The molecule has 0 saturated heterocycles. The van der Waals surface area contributed by atoms with Crippen molar-refractivity contribution in [3.05, 3.63) is 40.9 Å². The lowest BCUT2D eigenvalue weighted by Crippen LogP contribution is -2.24. The lowest BCUT2D eigenvalue weighted by molar-refractivity contribution is -0.110. The van der Waals surface area contributed by atoms with E-state index in [1.807, 2.05) is 30.5 Å². The molecule has 1 aromatic carbocycles. The van der Waals surface area contributed by atoms with Gasteiger partial charge in [-0.15, -0.1) is 11.8 Å². The molecule has 1 fully saturated rings. The second-order valence-electron chi connectivity index (χ2n) is 5.82. The molecular weight excluding hydrogens is 370 g/mol. The number of nitrogens with one attached hydrogen (secondary N) is 1. The summed E-state index contributed by atoms with van der Waals surface area (Å²) in [6.07, 6.45) is 8.34. The number of hydrogen-bond donors (Lipinski definition) is 1. The van der Waals surface area contributed by atoms with E-state index in [0.717, 1.165) is 41.9 Å². The highest BCUT2D eigenvalue weighted by Gasteiger charge is 2.20. The van der Waals surface area contributed by atoms with Crippen LogP contribution in [0.25, 0.3) is 0 Å². The molecule has 2 aromatic rings. The van der Waals surface area contributed by atoms with Gasteiger partial charge in [-0.25, -0.2) is 4.98 Å². The highest BCUT2D eigenvalue weighted by molar-refractivity contribution is 7.98. The molecule has 1 N–H and O–H groups in total. The maximum absolute atomic E-state index is 12.7. The van der Waals surface area contributed by atoms with Crippen molar-refractivity contribution in [1.82, 2.24) is 4.98 Å². The zero-order valence-corrected chi connectivity index (χ0v) is 15.9. The van der Waals surface area contributed by atoms with Crippen LogP contribution in [-0.2, 0) is 9.63 Å². The Kier molecular flexibility index (Phi) is 6.40. The zero-order valence-electron chi connectivity index (χ0n) is 14.3. The number of aromatic nitrogens is 1. The van der Waals surface area contributed by atoms with E-state index in [4.69, 9.17) is 4.84 Å². The smallest absolute Gasteiger partial charge is 0.280 e. The lowest BCUT2D eigenvalue weighted by Gasteiger charge is -2.10. The van der Waals surface area contributed by atoms with E-state index < -0.39 is 5.91 Å². The number of benzene rings is 1. The molecule has 1 amide bonds. The average Bonchev–Trinajstić information content (AvgIpc) is 3.34. The number of amides is 1. The molecule has 1 aliphatic rings. The Morgan fingerprint density at radius 1 is 1.35 bits per heavy atom. The largest absolute Gasteiger partial charge is 0.392 e. The molecule has 0 aliphatic heterocycles. The van der Waals surface area contributed by atoms with Gasteiger partial charge >= 0.3 is 0 Å². The molecule has 6 nitrogen and oxygen atoms in total. The molecule has 1 aromatic heterocycles. The van der Waals surface area contributed by atoms with E-state index >= 15 is 0 Å². The van der Waals surface area contributed by atoms with Crippen molar-refractivity contribution in [2.75, 3.05) is 11.6 Å². The molecule has 0 atom stereocenters. The molecule has 3 rings (SSSR count). The van der Waals surface area contributed by atoms with Gasteiger partial charge in [0.05, 0.1) is 11.1 Å². The predicted molar refractivity (Wildman–Crippen MR) is 104 cm³/mol. The Bertz CT molecular complexity index is 796. The standard InChI is InChI=1S/C18H19N3O3S2/c1-25-14-8-6-12(7-9-14)16(21-24-13-4-2-3-5-13)17(23)20-18-19-10-15(11-22)26-18/h6-11,13H,2-5H2,1H3,(H,19,20,23)/b21-16+. The number of rotatable bonds is 7. The maximum Gasteiger partial charge on any atom is 0.280 e. The summed E-state index contributed by atoms with van der Waals surface area (Å²) < 4.78 is 0. The SMILES string of the molecule is CSc1ccc(/C(=N\OC2CCCC2)C(=O)Nc2ncc(C=O)s2)cc1. The molecule has 26 heavy (non-hydrogen) atoms. The van der Waals surface area contributed by atoms with Crippen LogP contribution in [0, 0.1) is 0 Å². The Balaban J connectivity index is 1.81. The Morgan fingerprint density at radius 2 is 2.08 bits per heavy atom. The van der Waals surface area contributed by atoms with Crippen molar-refractivity contribution in [3.8, 4) is 0 Å². The molecule has 0 unspecified atom stereocenters. The normalized spacial score (nSPS) is 15.0. The summed E-state index contributed by atoms with van der Waals surface area (Å²) in [7, 11) is 0. The first kappa shape index (κ1) is 18.6.